The van der Waals surface area contributed by atoms with E-state index in [1.807, 2.05) is 0 Å². The van der Waals surface area contributed by atoms with Gasteiger partial charge in [0.1, 0.15) is 4.87 Å². The highest BCUT2D eigenvalue weighted by Gasteiger charge is 2.32. The number of rotatable bonds is 7. The predicted molar refractivity (Wildman–Crippen MR) is 76.6 cm³/mol. The third kappa shape index (κ3) is 4.73. The molecule has 0 aliphatic heterocycles. The number of hydrogen-bond acceptors (Lipinski definition) is 5. The molecule has 1 rings (SSSR count). The monoisotopic (exact) mass is 365 g/mol. The van der Waals surface area contributed by atoms with E-state index in [2.05, 4.69) is 20.1 Å². The van der Waals surface area contributed by atoms with Gasteiger partial charge in [0.25, 0.3) is 5.69 Å². The summed E-state index contributed by atoms with van der Waals surface area (Å²) in [6, 6.07) is 6.31. The summed E-state index contributed by atoms with van der Waals surface area (Å²) < 4.78 is 9.71. The van der Waals surface area contributed by atoms with Crippen molar-refractivity contribution in [2.75, 3.05) is 6.61 Å². The first-order valence-corrected chi connectivity index (χ1v) is 6.73. The number of halogens is 2. The average molecular weight is 367 g/mol. The van der Waals surface area contributed by atoms with Crippen molar-refractivity contribution in [1.82, 2.24) is 0 Å². The number of carbonyl (C=O) groups is 1. The number of ether oxygens (including phenoxy) is 1. The lowest BCUT2D eigenvalue weighted by Crippen LogP contribution is -2.30. The zero-order chi connectivity index (χ0) is 15.2. The molecule has 0 aliphatic carbocycles. The Kier molecular flexibility index (Phi) is 6.38. The molecule has 0 radical (unpaired) electrons. The lowest BCUT2D eigenvalue weighted by molar-refractivity contribution is -0.385. The number of carbonyl (C=O) groups excluding carboxylic acids is 1. The Morgan fingerprint density at radius 3 is 2.75 bits per heavy atom. The maximum atomic E-state index is 11.3. The van der Waals surface area contributed by atoms with Crippen LogP contribution in [-0.2, 0) is 20.0 Å². The smallest absolute Gasteiger partial charge is 0.338 e. The lowest BCUT2D eigenvalue weighted by Gasteiger charge is -2.17. The molecule has 20 heavy (non-hydrogen) atoms. The van der Waals surface area contributed by atoms with E-state index < -0.39 is 15.8 Å². The third-order valence-corrected chi connectivity index (χ3v) is 3.29. The summed E-state index contributed by atoms with van der Waals surface area (Å²) in [7, 11) is 0. The summed E-state index contributed by atoms with van der Waals surface area (Å²) in [6.07, 6.45) is 0.222. The molecule has 0 fully saturated rings. The van der Waals surface area contributed by atoms with Crippen LogP contribution in [0.2, 0.25) is 0 Å². The molecule has 1 unspecified atom stereocenters. The highest BCUT2D eigenvalue weighted by Crippen LogP contribution is 2.23. The first-order valence-electron chi connectivity index (χ1n) is 5.70. The minimum atomic E-state index is -1.20. The molecule has 0 aliphatic rings. The fourth-order valence-corrected chi connectivity index (χ4v) is 2.01. The fourth-order valence-electron chi connectivity index (χ4n) is 1.44. The second kappa shape index (κ2) is 7.56. The molecule has 0 spiro atoms. The van der Waals surface area contributed by atoms with E-state index in [9.17, 15) is 14.9 Å². The van der Waals surface area contributed by atoms with Crippen LogP contribution >= 0.6 is 27.9 Å². The number of alkyl halides is 1. The van der Waals surface area contributed by atoms with Crippen LogP contribution in [0.1, 0.15) is 18.9 Å². The molecule has 8 heteroatoms. The van der Waals surface area contributed by atoms with Crippen molar-refractivity contribution in [2.24, 2.45) is 0 Å². The average Bonchev–Trinajstić information content (AvgIpc) is 2.42. The summed E-state index contributed by atoms with van der Waals surface area (Å²) in [5, 5.41) is 10.8. The van der Waals surface area contributed by atoms with Gasteiger partial charge >= 0.3 is 5.97 Å². The van der Waals surface area contributed by atoms with Gasteiger partial charge in [-0.1, -0.05) is 12.1 Å². The second-order valence-corrected chi connectivity index (χ2v) is 5.41. The van der Waals surface area contributed by atoms with Crippen LogP contribution in [0.5, 0.6) is 0 Å². The van der Waals surface area contributed by atoms with Gasteiger partial charge in [-0.05, 0) is 13.0 Å². The Morgan fingerprint density at radius 1 is 1.50 bits per heavy atom. The summed E-state index contributed by atoms with van der Waals surface area (Å²) in [6.45, 7) is 1.76. The van der Waals surface area contributed by atoms with Crippen LogP contribution in [0.3, 0.4) is 0 Å². The van der Waals surface area contributed by atoms with Crippen LogP contribution in [0.4, 0.5) is 5.69 Å². The van der Waals surface area contributed by atoms with Crippen molar-refractivity contribution < 1.29 is 18.3 Å². The number of para-hydroxylation sites is 1. The molecule has 1 atom stereocenters. The van der Waals surface area contributed by atoms with Gasteiger partial charge in [-0.2, -0.15) is 0 Å². The highest BCUT2D eigenvalue weighted by molar-refractivity contribution is 9.06. The highest BCUT2D eigenvalue weighted by atomic mass is 79.9. The van der Waals surface area contributed by atoms with Crippen LogP contribution in [0.25, 0.3) is 0 Å². The van der Waals surface area contributed by atoms with Crippen LogP contribution in [-0.4, -0.2) is 22.4 Å². The van der Waals surface area contributed by atoms with Crippen molar-refractivity contribution in [3.8, 4) is 0 Å². The molecular formula is C12H13BrClNO5. The maximum absolute atomic E-state index is 11.3. The number of nitrogens with zero attached hydrogens (tertiary/aromatic N) is 1. The Morgan fingerprint density at radius 2 is 2.15 bits per heavy atom. The third-order valence-electron chi connectivity index (χ3n) is 2.66. The molecule has 0 heterocycles. The normalized spacial score (nSPS) is 13.6. The van der Waals surface area contributed by atoms with E-state index in [-0.39, 0.29) is 25.3 Å². The van der Waals surface area contributed by atoms with Gasteiger partial charge in [0.15, 0.2) is 16.3 Å². The molecule has 0 N–H and O–H groups in total. The summed E-state index contributed by atoms with van der Waals surface area (Å²) in [5.41, 5.74) is 0.470. The van der Waals surface area contributed by atoms with E-state index in [0.717, 1.165) is 0 Å². The van der Waals surface area contributed by atoms with Gasteiger partial charge in [-0.3, -0.25) is 10.1 Å². The largest absolute Gasteiger partial charge is 0.382 e. The van der Waals surface area contributed by atoms with Gasteiger partial charge < -0.3 is 8.57 Å². The predicted octanol–water partition coefficient (Wildman–Crippen LogP) is 3.35. The molecule has 6 nitrogen and oxygen atoms in total. The number of hydrogen-bond donors (Lipinski definition) is 0. The van der Waals surface area contributed by atoms with Crippen molar-refractivity contribution in [3.63, 3.8) is 0 Å². The molecule has 0 saturated carbocycles. The Balaban J connectivity index is 2.50. The summed E-state index contributed by atoms with van der Waals surface area (Å²) >= 11 is 8.53. The summed E-state index contributed by atoms with van der Waals surface area (Å²) in [5.74, 6) is -0.617. The van der Waals surface area contributed by atoms with Crippen molar-refractivity contribution in [1.29, 1.82) is 0 Å². The molecule has 1 aromatic rings. The van der Waals surface area contributed by atoms with Crippen molar-refractivity contribution in [2.45, 2.75) is 24.8 Å². The maximum Gasteiger partial charge on any atom is 0.338 e. The lowest BCUT2D eigenvalue weighted by atomic mass is 10.1. The van der Waals surface area contributed by atoms with Crippen molar-refractivity contribution >= 4 is 39.5 Å². The zero-order valence-corrected chi connectivity index (χ0v) is 13.0. The van der Waals surface area contributed by atoms with Gasteiger partial charge in [-0.15, -0.1) is 11.6 Å². The van der Waals surface area contributed by atoms with E-state index in [4.69, 9.17) is 16.3 Å². The topological polar surface area (TPSA) is 78.7 Å². The van der Waals surface area contributed by atoms with E-state index in [1.165, 1.54) is 13.0 Å². The van der Waals surface area contributed by atoms with E-state index in [1.54, 1.807) is 18.2 Å². The van der Waals surface area contributed by atoms with Crippen LogP contribution < -0.4 is 0 Å². The first-order chi connectivity index (χ1) is 9.38. The van der Waals surface area contributed by atoms with Crippen LogP contribution in [0, 0.1) is 10.1 Å². The Labute approximate surface area is 129 Å². The number of benzene rings is 1. The molecular weight excluding hydrogens is 353 g/mol. The minimum Gasteiger partial charge on any atom is -0.382 e. The Bertz CT molecular complexity index is 494. The molecule has 1 aromatic carbocycles. The van der Waals surface area contributed by atoms with E-state index >= 15 is 0 Å². The van der Waals surface area contributed by atoms with Crippen molar-refractivity contribution in [3.05, 3.63) is 39.9 Å². The quantitative estimate of drug-likeness (QED) is 0.320. The zero-order valence-electron chi connectivity index (χ0n) is 10.7. The van der Waals surface area contributed by atoms with Gasteiger partial charge in [0.2, 0.25) is 0 Å². The molecule has 0 aromatic heterocycles. The molecule has 0 saturated heterocycles. The first kappa shape index (κ1) is 16.9. The van der Waals surface area contributed by atoms with Crippen LogP contribution in [0.15, 0.2) is 24.3 Å². The SMILES string of the molecule is CC(Cl)(CCOCc1ccccc1[N+](=O)[O-])C(=O)OBr. The number of nitro groups is 1. The minimum absolute atomic E-state index is 0.000929. The van der Waals surface area contributed by atoms with E-state index in [0.29, 0.717) is 5.56 Å². The van der Waals surface area contributed by atoms with Gasteiger partial charge in [0.05, 0.1) is 17.1 Å². The standard InChI is InChI=1S/C12H13BrClNO5/c1-12(14,11(16)20-13)6-7-19-8-9-4-2-3-5-10(9)15(17)18/h2-5H,6-8H2,1H3. The van der Waals surface area contributed by atoms with Gasteiger partial charge in [-0.25, -0.2) is 4.79 Å². The fraction of sp³-hybridized carbons (Fsp3) is 0.417. The molecule has 0 amide bonds. The second-order valence-electron chi connectivity index (χ2n) is 4.25. The summed E-state index contributed by atoms with van der Waals surface area (Å²) in [4.78, 5) is 20.4. The van der Waals surface area contributed by atoms with Gasteiger partial charge in [0, 0.05) is 19.1 Å². The Hall–Kier alpha value is -1.18. The molecule has 0 bridgehead atoms. The number of nitro benzene ring substituents is 1. The molecule has 110 valence electrons.